The average Bonchev–Trinajstić information content (AvgIpc) is 3.05. The zero-order chi connectivity index (χ0) is 17.8. The van der Waals surface area contributed by atoms with Crippen molar-refractivity contribution in [1.29, 1.82) is 0 Å². The third-order valence-corrected chi connectivity index (χ3v) is 5.16. The van der Waals surface area contributed by atoms with E-state index in [1.54, 1.807) is 18.3 Å². The summed E-state index contributed by atoms with van der Waals surface area (Å²) in [5, 5.41) is 4.41. The topological polar surface area (TPSA) is 46.9 Å². The Bertz CT molecular complexity index is 880. The number of amides is 1. The van der Waals surface area contributed by atoms with Crippen LogP contribution in [0, 0.1) is 0 Å². The molecule has 1 heterocycles. The minimum absolute atomic E-state index is 0.135. The van der Waals surface area contributed by atoms with Crippen LogP contribution in [0.15, 0.2) is 66.1 Å². The molecule has 1 N–H and O–H groups in total. The van der Waals surface area contributed by atoms with E-state index in [4.69, 9.17) is 23.2 Å². The van der Waals surface area contributed by atoms with Crippen LogP contribution >= 0.6 is 35.0 Å². The summed E-state index contributed by atoms with van der Waals surface area (Å²) >= 11 is 13.4. The molecule has 0 bridgehead atoms. The molecule has 0 spiro atoms. The highest BCUT2D eigenvalue weighted by Gasteiger charge is 2.18. The quantitative estimate of drug-likeness (QED) is 0.600. The maximum atomic E-state index is 12.4. The molecule has 2 aromatic carbocycles. The van der Waals surface area contributed by atoms with Gasteiger partial charge in [-0.15, -0.1) is 0 Å². The minimum atomic E-state index is -0.343. The molecule has 0 aliphatic heterocycles. The largest absolute Gasteiger partial charge is 0.324 e. The molecule has 1 amide bonds. The summed E-state index contributed by atoms with van der Waals surface area (Å²) in [5.41, 5.74) is 1.53. The van der Waals surface area contributed by atoms with Gasteiger partial charge in [-0.25, -0.2) is 4.98 Å². The number of hydrogen-bond donors (Lipinski definition) is 1. The van der Waals surface area contributed by atoms with Crippen LogP contribution in [-0.2, 0) is 4.79 Å². The molecular weight excluding hydrogens is 377 g/mol. The van der Waals surface area contributed by atoms with Crippen LogP contribution < -0.4 is 5.32 Å². The summed E-state index contributed by atoms with van der Waals surface area (Å²) in [6.07, 6.45) is 3.56. The summed E-state index contributed by atoms with van der Waals surface area (Å²) in [7, 11) is 0. The van der Waals surface area contributed by atoms with Crippen molar-refractivity contribution in [3.63, 3.8) is 0 Å². The number of carbonyl (C=O) groups excluding carboxylic acids is 1. The number of carbonyl (C=O) groups is 1. The number of nitrogens with zero attached hydrogens (tertiary/aromatic N) is 2. The monoisotopic (exact) mass is 391 g/mol. The molecule has 3 aromatic rings. The lowest BCUT2D eigenvalue weighted by Gasteiger charge is -2.14. The first-order valence-electron chi connectivity index (χ1n) is 7.56. The van der Waals surface area contributed by atoms with E-state index >= 15 is 0 Å². The van der Waals surface area contributed by atoms with Gasteiger partial charge in [-0.2, -0.15) is 0 Å². The fourth-order valence-corrected chi connectivity index (χ4v) is 3.38. The van der Waals surface area contributed by atoms with Gasteiger partial charge in [-0.3, -0.25) is 9.36 Å². The summed E-state index contributed by atoms with van der Waals surface area (Å²) in [5.74, 6) is -0.135. The first kappa shape index (κ1) is 17.9. The van der Waals surface area contributed by atoms with Crippen LogP contribution in [0.1, 0.15) is 6.92 Å². The summed E-state index contributed by atoms with van der Waals surface area (Å²) < 4.78 is 1.92. The molecule has 128 valence electrons. The Morgan fingerprint density at radius 3 is 2.60 bits per heavy atom. The molecule has 25 heavy (non-hydrogen) atoms. The number of nitrogens with one attached hydrogen (secondary N) is 1. The lowest BCUT2D eigenvalue weighted by atomic mass is 10.3. The Morgan fingerprint density at radius 1 is 1.16 bits per heavy atom. The zero-order valence-electron chi connectivity index (χ0n) is 13.3. The highest BCUT2D eigenvalue weighted by Crippen LogP contribution is 2.27. The molecule has 1 aromatic heterocycles. The normalized spacial score (nSPS) is 12.0. The lowest BCUT2D eigenvalue weighted by molar-refractivity contribution is -0.115. The van der Waals surface area contributed by atoms with Crippen LogP contribution in [-0.4, -0.2) is 20.7 Å². The maximum absolute atomic E-state index is 12.4. The number of aromatic nitrogens is 2. The number of rotatable bonds is 5. The van der Waals surface area contributed by atoms with Crippen molar-refractivity contribution >= 4 is 46.6 Å². The number of imidazole rings is 1. The van der Waals surface area contributed by atoms with Crippen molar-refractivity contribution in [2.24, 2.45) is 0 Å². The van der Waals surface area contributed by atoms with Gasteiger partial charge in [0, 0.05) is 23.1 Å². The van der Waals surface area contributed by atoms with Gasteiger partial charge in [0.1, 0.15) is 0 Å². The minimum Gasteiger partial charge on any atom is -0.324 e. The fraction of sp³-hybridized carbons (Fsp3) is 0.111. The van der Waals surface area contributed by atoms with Crippen molar-refractivity contribution in [2.45, 2.75) is 17.3 Å². The lowest BCUT2D eigenvalue weighted by Crippen LogP contribution is -2.23. The molecule has 0 saturated heterocycles. The van der Waals surface area contributed by atoms with Gasteiger partial charge in [0.2, 0.25) is 5.91 Å². The van der Waals surface area contributed by atoms with Crippen molar-refractivity contribution in [1.82, 2.24) is 9.55 Å². The molecule has 1 atom stereocenters. The third kappa shape index (κ3) is 4.37. The maximum Gasteiger partial charge on any atom is 0.237 e. The Hall–Kier alpha value is -1.95. The Morgan fingerprint density at radius 2 is 1.88 bits per heavy atom. The van der Waals surface area contributed by atoms with Gasteiger partial charge in [0.25, 0.3) is 0 Å². The van der Waals surface area contributed by atoms with Gasteiger partial charge >= 0.3 is 0 Å². The van der Waals surface area contributed by atoms with Gasteiger partial charge in [0.05, 0.1) is 16.0 Å². The van der Waals surface area contributed by atoms with E-state index in [1.807, 2.05) is 54.1 Å². The first-order chi connectivity index (χ1) is 12.0. The Labute approximate surface area is 160 Å². The molecule has 0 saturated carbocycles. The van der Waals surface area contributed by atoms with Gasteiger partial charge in [-0.05, 0) is 43.3 Å². The summed E-state index contributed by atoms with van der Waals surface area (Å²) in [4.78, 5) is 16.8. The molecule has 0 unspecified atom stereocenters. The van der Waals surface area contributed by atoms with E-state index in [9.17, 15) is 4.79 Å². The molecule has 0 fully saturated rings. The average molecular weight is 392 g/mol. The standard InChI is InChI=1S/C18H15Cl2N3OS/c1-12(17(24)22-16-5-3-2-4-15(16)20)25-18-21-10-11-23(18)14-8-6-13(19)7-9-14/h2-12H,1H3,(H,22,24)/t12-/m1/s1. The smallest absolute Gasteiger partial charge is 0.237 e. The van der Waals surface area contributed by atoms with E-state index in [0.717, 1.165) is 10.8 Å². The number of thioether (sulfide) groups is 1. The number of benzene rings is 2. The number of hydrogen-bond acceptors (Lipinski definition) is 3. The van der Waals surface area contributed by atoms with Crippen LogP contribution in [0.4, 0.5) is 5.69 Å². The van der Waals surface area contributed by atoms with E-state index in [1.165, 1.54) is 11.8 Å². The van der Waals surface area contributed by atoms with E-state index in [-0.39, 0.29) is 11.2 Å². The molecule has 0 aliphatic rings. The number of anilines is 1. The first-order valence-corrected chi connectivity index (χ1v) is 9.19. The number of halogens is 2. The molecule has 0 aliphatic carbocycles. The Balaban J connectivity index is 1.72. The molecule has 0 radical (unpaired) electrons. The second-order valence-electron chi connectivity index (χ2n) is 5.29. The van der Waals surface area contributed by atoms with Crippen LogP contribution in [0.5, 0.6) is 0 Å². The second-order valence-corrected chi connectivity index (χ2v) is 7.44. The van der Waals surface area contributed by atoms with E-state index in [2.05, 4.69) is 10.3 Å². The molecule has 3 rings (SSSR count). The van der Waals surface area contributed by atoms with Crippen LogP contribution in [0.2, 0.25) is 10.0 Å². The van der Waals surface area contributed by atoms with Crippen molar-refractivity contribution in [2.75, 3.05) is 5.32 Å². The van der Waals surface area contributed by atoms with Crippen LogP contribution in [0.3, 0.4) is 0 Å². The third-order valence-electron chi connectivity index (χ3n) is 3.49. The molecule has 7 heteroatoms. The van der Waals surface area contributed by atoms with Crippen LogP contribution in [0.25, 0.3) is 5.69 Å². The Kier molecular flexibility index (Phi) is 5.68. The highest BCUT2D eigenvalue weighted by atomic mass is 35.5. The van der Waals surface area contributed by atoms with Crippen molar-refractivity contribution in [3.8, 4) is 5.69 Å². The SMILES string of the molecule is C[C@@H](Sc1nccn1-c1ccc(Cl)cc1)C(=O)Nc1ccccc1Cl. The van der Waals surface area contributed by atoms with E-state index in [0.29, 0.717) is 15.7 Å². The summed E-state index contributed by atoms with van der Waals surface area (Å²) in [6.45, 7) is 1.83. The fourth-order valence-electron chi connectivity index (χ4n) is 2.18. The predicted molar refractivity (Wildman–Crippen MR) is 104 cm³/mol. The van der Waals surface area contributed by atoms with Gasteiger partial charge in [-0.1, -0.05) is 47.1 Å². The highest BCUT2D eigenvalue weighted by molar-refractivity contribution is 8.00. The summed E-state index contributed by atoms with van der Waals surface area (Å²) in [6, 6.07) is 14.6. The molecular formula is C18H15Cl2N3OS. The van der Waals surface area contributed by atoms with Gasteiger partial charge < -0.3 is 5.32 Å². The second kappa shape index (κ2) is 7.95. The van der Waals surface area contributed by atoms with E-state index < -0.39 is 0 Å². The number of para-hydroxylation sites is 1. The van der Waals surface area contributed by atoms with Crippen molar-refractivity contribution in [3.05, 3.63) is 71.0 Å². The predicted octanol–water partition coefficient (Wildman–Crippen LogP) is 5.30. The van der Waals surface area contributed by atoms with Crippen molar-refractivity contribution < 1.29 is 4.79 Å². The molecule has 4 nitrogen and oxygen atoms in total. The zero-order valence-corrected chi connectivity index (χ0v) is 15.6. The van der Waals surface area contributed by atoms with Gasteiger partial charge in [0.15, 0.2) is 5.16 Å².